The summed E-state index contributed by atoms with van der Waals surface area (Å²) in [4.78, 5) is 14.5. The lowest BCUT2D eigenvalue weighted by Crippen LogP contribution is -2.36. The van der Waals surface area contributed by atoms with Crippen LogP contribution in [0.1, 0.15) is 5.82 Å². The molecule has 8 heteroatoms. The lowest BCUT2D eigenvalue weighted by atomic mass is 10.3. The highest BCUT2D eigenvalue weighted by Gasteiger charge is 2.15. The lowest BCUT2D eigenvalue weighted by molar-refractivity contribution is -0.139. The van der Waals surface area contributed by atoms with Crippen LogP contribution in [0.15, 0.2) is 12.4 Å². The number of aromatic nitrogens is 4. The topological polar surface area (TPSA) is 116 Å². The first-order valence-corrected chi connectivity index (χ1v) is 4.87. The Labute approximate surface area is 96.0 Å². The standard InChI is InChI=1S/C9H11N5O3/c1-5-12-13-7-8(11-2-3-14(5)7)17-4-6(10)9(15)16/h2-3,6H,4,10H2,1H3,(H,15,16). The van der Waals surface area contributed by atoms with Crippen molar-refractivity contribution in [2.75, 3.05) is 6.61 Å². The minimum absolute atomic E-state index is 0.173. The molecule has 2 aromatic rings. The van der Waals surface area contributed by atoms with Crippen LogP contribution in [0.4, 0.5) is 0 Å². The van der Waals surface area contributed by atoms with Crippen LogP contribution in [-0.4, -0.2) is 43.3 Å². The maximum Gasteiger partial charge on any atom is 0.324 e. The second-order valence-electron chi connectivity index (χ2n) is 3.43. The Morgan fingerprint density at radius 3 is 3.12 bits per heavy atom. The van der Waals surface area contributed by atoms with Crippen molar-refractivity contribution in [2.45, 2.75) is 13.0 Å². The van der Waals surface area contributed by atoms with Crippen molar-refractivity contribution < 1.29 is 14.6 Å². The summed E-state index contributed by atoms with van der Waals surface area (Å²) >= 11 is 0. The van der Waals surface area contributed by atoms with Gasteiger partial charge in [-0.3, -0.25) is 9.20 Å². The van der Waals surface area contributed by atoms with Crippen molar-refractivity contribution in [3.63, 3.8) is 0 Å². The number of aliphatic carboxylic acids is 1. The summed E-state index contributed by atoms with van der Waals surface area (Å²) in [6.07, 6.45) is 3.21. The van der Waals surface area contributed by atoms with E-state index in [1.54, 1.807) is 17.5 Å². The molecule has 1 atom stereocenters. The molecule has 0 amide bonds. The smallest absolute Gasteiger partial charge is 0.324 e. The van der Waals surface area contributed by atoms with Gasteiger partial charge in [0.25, 0.3) is 5.88 Å². The summed E-state index contributed by atoms with van der Waals surface area (Å²) in [6, 6.07) is -1.10. The van der Waals surface area contributed by atoms with E-state index in [9.17, 15) is 4.79 Å². The number of carboxylic acids is 1. The number of rotatable bonds is 4. The van der Waals surface area contributed by atoms with Gasteiger partial charge in [-0.15, -0.1) is 10.2 Å². The molecule has 1 unspecified atom stereocenters. The first-order valence-electron chi connectivity index (χ1n) is 4.87. The number of hydrogen-bond donors (Lipinski definition) is 2. The molecule has 2 aromatic heterocycles. The number of nitrogens with zero attached hydrogens (tertiary/aromatic N) is 4. The van der Waals surface area contributed by atoms with Gasteiger partial charge in [0.05, 0.1) is 0 Å². The summed E-state index contributed by atoms with van der Waals surface area (Å²) in [5.74, 6) is -0.228. The van der Waals surface area contributed by atoms with Gasteiger partial charge in [-0.25, -0.2) is 4.98 Å². The minimum atomic E-state index is -1.13. The van der Waals surface area contributed by atoms with Gasteiger partial charge in [-0.1, -0.05) is 0 Å². The molecule has 0 fully saturated rings. The molecule has 90 valence electrons. The van der Waals surface area contributed by atoms with E-state index in [1.165, 1.54) is 6.20 Å². The highest BCUT2D eigenvalue weighted by atomic mass is 16.5. The summed E-state index contributed by atoms with van der Waals surface area (Å²) < 4.78 is 6.90. The molecule has 0 radical (unpaired) electrons. The zero-order valence-electron chi connectivity index (χ0n) is 9.07. The predicted molar refractivity (Wildman–Crippen MR) is 56.6 cm³/mol. The molecule has 0 aromatic carbocycles. The quantitative estimate of drug-likeness (QED) is 0.716. The van der Waals surface area contributed by atoms with Crippen LogP contribution in [0.2, 0.25) is 0 Å². The van der Waals surface area contributed by atoms with E-state index >= 15 is 0 Å². The molecule has 0 aliphatic carbocycles. The van der Waals surface area contributed by atoms with E-state index in [2.05, 4.69) is 15.2 Å². The monoisotopic (exact) mass is 237 g/mol. The highest BCUT2D eigenvalue weighted by molar-refractivity contribution is 5.73. The maximum atomic E-state index is 10.5. The first kappa shape index (κ1) is 11.3. The Bertz CT molecular complexity index is 553. The Morgan fingerprint density at radius 1 is 1.65 bits per heavy atom. The number of aryl methyl sites for hydroxylation is 1. The Morgan fingerprint density at radius 2 is 2.41 bits per heavy atom. The van der Waals surface area contributed by atoms with E-state index < -0.39 is 12.0 Å². The van der Waals surface area contributed by atoms with Crippen molar-refractivity contribution in [3.05, 3.63) is 18.2 Å². The largest absolute Gasteiger partial charge is 0.480 e. The fourth-order valence-corrected chi connectivity index (χ4v) is 1.26. The van der Waals surface area contributed by atoms with Gasteiger partial charge >= 0.3 is 5.97 Å². The molecule has 0 saturated carbocycles. The molecule has 0 saturated heterocycles. The minimum Gasteiger partial charge on any atom is -0.480 e. The third kappa shape index (κ3) is 2.16. The second kappa shape index (κ2) is 4.34. The van der Waals surface area contributed by atoms with Gasteiger partial charge in [-0.2, -0.15) is 0 Å². The Hall–Kier alpha value is -2.22. The third-order valence-electron chi connectivity index (χ3n) is 2.18. The Kier molecular flexibility index (Phi) is 2.88. The van der Waals surface area contributed by atoms with E-state index in [0.29, 0.717) is 11.5 Å². The molecule has 2 rings (SSSR count). The third-order valence-corrected chi connectivity index (χ3v) is 2.18. The highest BCUT2D eigenvalue weighted by Crippen LogP contribution is 2.14. The van der Waals surface area contributed by atoms with Gasteiger partial charge in [0, 0.05) is 12.4 Å². The summed E-state index contributed by atoms with van der Waals surface area (Å²) in [5, 5.41) is 16.4. The SMILES string of the molecule is Cc1nnc2c(OCC(N)C(=O)O)nccn12. The van der Waals surface area contributed by atoms with Gasteiger partial charge in [0.2, 0.25) is 5.65 Å². The van der Waals surface area contributed by atoms with Crippen molar-refractivity contribution in [2.24, 2.45) is 5.73 Å². The molecular formula is C9H11N5O3. The van der Waals surface area contributed by atoms with Crippen LogP contribution in [0.5, 0.6) is 5.88 Å². The lowest BCUT2D eigenvalue weighted by Gasteiger charge is -2.08. The van der Waals surface area contributed by atoms with E-state index in [0.717, 1.165) is 0 Å². The fraction of sp³-hybridized carbons (Fsp3) is 0.333. The van der Waals surface area contributed by atoms with Crippen molar-refractivity contribution in [1.82, 2.24) is 19.6 Å². The molecule has 17 heavy (non-hydrogen) atoms. The predicted octanol–water partition coefficient (Wildman–Crippen LogP) is -0.777. The van der Waals surface area contributed by atoms with Gasteiger partial charge in [0.1, 0.15) is 18.5 Å². The molecular weight excluding hydrogens is 226 g/mol. The average molecular weight is 237 g/mol. The molecule has 8 nitrogen and oxygen atoms in total. The van der Waals surface area contributed by atoms with Crippen molar-refractivity contribution in [3.8, 4) is 5.88 Å². The molecule has 0 aliphatic heterocycles. The average Bonchev–Trinajstić information content (AvgIpc) is 2.69. The van der Waals surface area contributed by atoms with E-state index in [4.69, 9.17) is 15.6 Å². The number of ether oxygens (including phenoxy) is 1. The fourth-order valence-electron chi connectivity index (χ4n) is 1.26. The molecule has 0 aliphatic rings. The number of fused-ring (bicyclic) bond motifs is 1. The number of carbonyl (C=O) groups is 1. The first-order chi connectivity index (χ1) is 8.09. The maximum absolute atomic E-state index is 10.5. The van der Waals surface area contributed by atoms with Crippen LogP contribution in [-0.2, 0) is 4.79 Å². The molecule has 0 bridgehead atoms. The van der Waals surface area contributed by atoms with Gasteiger partial charge in [0.15, 0.2) is 0 Å². The zero-order valence-corrected chi connectivity index (χ0v) is 9.07. The second-order valence-corrected chi connectivity index (χ2v) is 3.43. The van der Waals surface area contributed by atoms with Crippen LogP contribution in [0, 0.1) is 6.92 Å². The van der Waals surface area contributed by atoms with Gasteiger partial charge in [-0.05, 0) is 6.92 Å². The molecule has 0 spiro atoms. The Balaban J connectivity index is 2.21. The molecule has 3 N–H and O–H groups in total. The summed E-state index contributed by atoms with van der Waals surface area (Å²) in [7, 11) is 0. The number of hydrogen-bond acceptors (Lipinski definition) is 6. The number of nitrogens with two attached hydrogens (primary N) is 1. The van der Waals surface area contributed by atoms with E-state index in [1.807, 2.05) is 0 Å². The van der Waals surface area contributed by atoms with Crippen LogP contribution >= 0.6 is 0 Å². The molecule has 2 heterocycles. The van der Waals surface area contributed by atoms with Crippen LogP contribution in [0.3, 0.4) is 0 Å². The normalized spacial score (nSPS) is 12.6. The van der Waals surface area contributed by atoms with Crippen molar-refractivity contribution in [1.29, 1.82) is 0 Å². The summed E-state index contributed by atoms with van der Waals surface area (Å²) in [6.45, 7) is 1.61. The van der Waals surface area contributed by atoms with Crippen molar-refractivity contribution >= 4 is 11.6 Å². The number of carboxylic acid groups (broad SMARTS) is 1. The summed E-state index contributed by atoms with van der Waals surface area (Å²) in [5.41, 5.74) is 5.75. The zero-order chi connectivity index (χ0) is 12.4. The van der Waals surface area contributed by atoms with Gasteiger partial charge < -0.3 is 15.6 Å². The van der Waals surface area contributed by atoms with E-state index in [-0.39, 0.29) is 12.5 Å². The van der Waals surface area contributed by atoms with Crippen LogP contribution in [0.25, 0.3) is 5.65 Å². The van der Waals surface area contributed by atoms with Crippen LogP contribution < -0.4 is 10.5 Å².